The lowest BCUT2D eigenvalue weighted by Crippen LogP contribution is -2.22. The second kappa shape index (κ2) is 6.37. The molecule has 3 aliphatic heterocycles. The van der Waals surface area contributed by atoms with Gasteiger partial charge in [-0.05, 0) is 47.7 Å². The van der Waals surface area contributed by atoms with E-state index in [0.29, 0.717) is 19.0 Å². The smallest absolute Gasteiger partial charge is 0.231 e. The fourth-order valence-corrected chi connectivity index (χ4v) is 3.89. The summed E-state index contributed by atoms with van der Waals surface area (Å²) in [6.07, 6.45) is 0.217. The number of ether oxygens (including phenoxy) is 5. The van der Waals surface area contributed by atoms with Gasteiger partial charge in [0.2, 0.25) is 13.6 Å². The molecule has 5 rings (SSSR count). The van der Waals surface area contributed by atoms with Crippen LogP contribution in [0.5, 0.6) is 23.0 Å². The third-order valence-electron chi connectivity index (χ3n) is 5.33. The first-order valence-corrected chi connectivity index (χ1v) is 8.82. The van der Waals surface area contributed by atoms with Crippen LogP contribution in [-0.2, 0) is 11.2 Å². The Balaban J connectivity index is 1.33. The van der Waals surface area contributed by atoms with Gasteiger partial charge in [0, 0.05) is 5.92 Å². The van der Waals surface area contributed by atoms with Crippen LogP contribution >= 0.6 is 0 Å². The summed E-state index contributed by atoms with van der Waals surface area (Å²) in [5.41, 5.74) is 1.99. The number of rotatable bonds is 4. The van der Waals surface area contributed by atoms with Gasteiger partial charge in [0.05, 0.1) is 19.3 Å². The lowest BCUT2D eigenvalue weighted by atomic mass is 9.83. The standard InChI is InChI=1S/C20H20O6/c21-20(13-2-4-17-19(7-13)26-11-24-17)15-9-22-8-14(15)5-12-1-3-16-18(6-12)25-10-23-16/h1-4,6-7,14-15,20-21H,5,8-11H2/t14-,15-,20-/m0/s1. The summed E-state index contributed by atoms with van der Waals surface area (Å²) in [6.45, 7) is 1.69. The van der Waals surface area contributed by atoms with Gasteiger partial charge in [0.1, 0.15) is 0 Å². The normalized spacial score (nSPS) is 24.0. The number of aliphatic hydroxyl groups excluding tert-OH is 1. The number of aliphatic hydroxyl groups is 1. The van der Waals surface area contributed by atoms with Crippen molar-refractivity contribution in [3.05, 3.63) is 47.5 Å². The molecule has 0 spiro atoms. The van der Waals surface area contributed by atoms with Gasteiger partial charge in [-0.3, -0.25) is 0 Å². The molecule has 1 saturated heterocycles. The average molecular weight is 356 g/mol. The Labute approximate surface area is 151 Å². The molecule has 136 valence electrons. The lowest BCUT2D eigenvalue weighted by Gasteiger charge is -2.23. The van der Waals surface area contributed by atoms with E-state index >= 15 is 0 Å². The summed E-state index contributed by atoms with van der Waals surface area (Å²) in [6, 6.07) is 11.6. The average Bonchev–Trinajstić information content (AvgIpc) is 3.40. The summed E-state index contributed by atoms with van der Waals surface area (Å²) in [5, 5.41) is 10.9. The van der Waals surface area contributed by atoms with Gasteiger partial charge in [-0.15, -0.1) is 0 Å². The zero-order valence-electron chi connectivity index (χ0n) is 14.2. The second-order valence-corrected chi connectivity index (χ2v) is 6.91. The van der Waals surface area contributed by atoms with Crippen LogP contribution in [0.4, 0.5) is 0 Å². The second-order valence-electron chi connectivity index (χ2n) is 6.91. The van der Waals surface area contributed by atoms with E-state index in [1.807, 2.05) is 30.3 Å². The van der Waals surface area contributed by atoms with Gasteiger partial charge in [0.15, 0.2) is 23.0 Å². The van der Waals surface area contributed by atoms with E-state index in [1.54, 1.807) is 0 Å². The highest BCUT2D eigenvalue weighted by molar-refractivity contribution is 5.46. The Morgan fingerprint density at radius 1 is 0.846 bits per heavy atom. The van der Waals surface area contributed by atoms with Crippen LogP contribution in [0, 0.1) is 11.8 Å². The molecule has 2 aromatic rings. The molecule has 6 heteroatoms. The molecule has 1 fully saturated rings. The summed E-state index contributed by atoms with van der Waals surface area (Å²) in [7, 11) is 0. The van der Waals surface area contributed by atoms with Crippen molar-refractivity contribution in [2.75, 3.05) is 26.8 Å². The number of benzene rings is 2. The number of fused-ring (bicyclic) bond motifs is 2. The van der Waals surface area contributed by atoms with Gasteiger partial charge < -0.3 is 28.8 Å². The third kappa shape index (κ3) is 2.75. The molecule has 0 amide bonds. The number of hydrogen-bond donors (Lipinski definition) is 1. The molecule has 0 radical (unpaired) electrons. The summed E-state index contributed by atoms with van der Waals surface area (Å²) < 4.78 is 27.3. The van der Waals surface area contributed by atoms with E-state index in [9.17, 15) is 5.11 Å². The highest BCUT2D eigenvalue weighted by atomic mass is 16.7. The van der Waals surface area contributed by atoms with Gasteiger partial charge >= 0.3 is 0 Å². The van der Waals surface area contributed by atoms with Crippen LogP contribution in [0.3, 0.4) is 0 Å². The number of hydrogen-bond acceptors (Lipinski definition) is 6. The molecule has 2 aromatic carbocycles. The minimum Gasteiger partial charge on any atom is -0.454 e. The zero-order valence-corrected chi connectivity index (χ0v) is 14.2. The third-order valence-corrected chi connectivity index (χ3v) is 5.33. The van der Waals surface area contributed by atoms with Gasteiger partial charge in [0.25, 0.3) is 0 Å². The molecule has 1 N–H and O–H groups in total. The molecule has 0 aromatic heterocycles. The minimum atomic E-state index is -0.606. The van der Waals surface area contributed by atoms with Gasteiger partial charge in [-0.1, -0.05) is 12.1 Å². The minimum absolute atomic E-state index is 0.0285. The molecule has 3 aliphatic rings. The molecule has 26 heavy (non-hydrogen) atoms. The van der Waals surface area contributed by atoms with Crippen molar-refractivity contribution in [2.45, 2.75) is 12.5 Å². The molecule has 3 heterocycles. The van der Waals surface area contributed by atoms with Crippen molar-refractivity contribution in [3.63, 3.8) is 0 Å². The molecule has 0 unspecified atom stereocenters. The molecule has 0 aliphatic carbocycles. The maximum atomic E-state index is 10.9. The quantitative estimate of drug-likeness (QED) is 0.909. The Kier molecular flexibility index (Phi) is 3.87. The summed E-state index contributed by atoms with van der Waals surface area (Å²) >= 11 is 0. The molecule has 6 nitrogen and oxygen atoms in total. The van der Waals surface area contributed by atoms with Crippen molar-refractivity contribution < 1.29 is 28.8 Å². The first-order valence-electron chi connectivity index (χ1n) is 8.82. The van der Waals surface area contributed by atoms with E-state index < -0.39 is 6.10 Å². The summed E-state index contributed by atoms with van der Waals surface area (Å²) in [4.78, 5) is 0. The first kappa shape index (κ1) is 15.8. The van der Waals surface area contributed by atoms with Gasteiger partial charge in [-0.2, -0.15) is 0 Å². The topological polar surface area (TPSA) is 66.4 Å². The van der Waals surface area contributed by atoms with E-state index in [2.05, 4.69) is 6.07 Å². The summed E-state index contributed by atoms with van der Waals surface area (Å²) in [5.74, 6) is 3.24. The van der Waals surface area contributed by atoms with Crippen LogP contribution in [0.25, 0.3) is 0 Å². The highest BCUT2D eigenvalue weighted by Crippen LogP contribution is 2.40. The van der Waals surface area contributed by atoms with E-state index in [0.717, 1.165) is 34.8 Å². The zero-order chi connectivity index (χ0) is 17.5. The van der Waals surface area contributed by atoms with Crippen LogP contribution in [-0.4, -0.2) is 31.9 Å². The van der Waals surface area contributed by atoms with Crippen molar-refractivity contribution in [1.29, 1.82) is 0 Å². The van der Waals surface area contributed by atoms with Crippen molar-refractivity contribution in [2.24, 2.45) is 11.8 Å². The largest absolute Gasteiger partial charge is 0.454 e. The maximum absolute atomic E-state index is 10.9. The molecule has 3 atom stereocenters. The molecular weight excluding hydrogens is 336 g/mol. The fourth-order valence-electron chi connectivity index (χ4n) is 3.89. The molecular formula is C20H20O6. The van der Waals surface area contributed by atoms with Crippen molar-refractivity contribution in [3.8, 4) is 23.0 Å². The molecule has 0 saturated carbocycles. The van der Waals surface area contributed by atoms with E-state index in [-0.39, 0.29) is 25.4 Å². The predicted molar refractivity (Wildman–Crippen MR) is 91.6 cm³/mol. The van der Waals surface area contributed by atoms with Crippen LogP contribution in [0.2, 0.25) is 0 Å². The van der Waals surface area contributed by atoms with E-state index in [4.69, 9.17) is 23.7 Å². The highest BCUT2D eigenvalue weighted by Gasteiger charge is 2.35. The van der Waals surface area contributed by atoms with E-state index in [1.165, 1.54) is 0 Å². The Morgan fingerprint density at radius 3 is 2.35 bits per heavy atom. The SMILES string of the molecule is O[C@@H](c1ccc2c(c1)OCO2)[C@H]1COC[C@@H]1Cc1ccc2c(c1)OCO2. The predicted octanol–water partition coefficient (Wildman–Crippen LogP) is 2.68. The van der Waals surface area contributed by atoms with Crippen molar-refractivity contribution in [1.82, 2.24) is 0 Å². The molecule has 0 bridgehead atoms. The van der Waals surface area contributed by atoms with Crippen molar-refractivity contribution >= 4 is 0 Å². The first-order chi connectivity index (χ1) is 12.8. The lowest BCUT2D eigenvalue weighted by molar-refractivity contribution is 0.0810. The van der Waals surface area contributed by atoms with Crippen LogP contribution < -0.4 is 18.9 Å². The Hall–Kier alpha value is -2.44. The van der Waals surface area contributed by atoms with Crippen LogP contribution in [0.15, 0.2) is 36.4 Å². The Morgan fingerprint density at radius 2 is 1.54 bits per heavy atom. The van der Waals surface area contributed by atoms with Gasteiger partial charge in [-0.25, -0.2) is 0 Å². The Bertz CT molecular complexity index is 820. The fraction of sp³-hybridized carbons (Fsp3) is 0.400. The van der Waals surface area contributed by atoms with Crippen LogP contribution in [0.1, 0.15) is 17.2 Å². The maximum Gasteiger partial charge on any atom is 0.231 e. The monoisotopic (exact) mass is 356 g/mol.